The summed E-state index contributed by atoms with van der Waals surface area (Å²) < 4.78 is 13.3. The number of pyridine rings is 2. The average Bonchev–Trinajstić information content (AvgIpc) is 2.74. The highest BCUT2D eigenvalue weighted by atomic mass is 35.5. The number of halogens is 2. The van der Waals surface area contributed by atoms with Crippen molar-refractivity contribution in [3.8, 4) is 11.1 Å². The van der Waals surface area contributed by atoms with E-state index in [1.54, 1.807) is 48.7 Å². The van der Waals surface area contributed by atoms with Gasteiger partial charge in [-0.15, -0.1) is 0 Å². The van der Waals surface area contributed by atoms with Crippen LogP contribution in [0.5, 0.6) is 0 Å². The lowest BCUT2D eigenvalue weighted by Gasteiger charge is -2.14. The van der Waals surface area contributed by atoms with Crippen LogP contribution in [0.3, 0.4) is 0 Å². The highest BCUT2D eigenvalue weighted by Crippen LogP contribution is 2.31. The van der Waals surface area contributed by atoms with Crippen molar-refractivity contribution in [1.29, 1.82) is 0 Å². The Balaban J connectivity index is 1.76. The van der Waals surface area contributed by atoms with E-state index < -0.39 is 12.0 Å². The van der Waals surface area contributed by atoms with Gasteiger partial charge in [0.25, 0.3) is 5.91 Å². The molecule has 7 heteroatoms. The Labute approximate surface area is 177 Å². The van der Waals surface area contributed by atoms with Gasteiger partial charge in [0.2, 0.25) is 0 Å². The second-order valence-corrected chi connectivity index (χ2v) is 7.30. The molecule has 1 atom stereocenters. The minimum Gasteiger partial charge on any atom is -0.388 e. The molecule has 0 bridgehead atoms. The fraction of sp³-hybridized carbons (Fsp3) is 0.0870. The molecular weight excluding hydrogens is 405 g/mol. The number of aliphatic hydroxyl groups excluding tert-OH is 1. The van der Waals surface area contributed by atoms with Crippen molar-refractivity contribution in [2.45, 2.75) is 12.5 Å². The molecule has 0 saturated heterocycles. The molecule has 5 nitrogen and oxygen atoms in total. The topological polar surface area (TPSA) is 89.1 Å². The standard InChI is InChI=1S/C23H17ClFN3O2/c24-22-8-1-13(12-27-22)9-21(29)15-4-7-17-18(14-2-5-16(25)6-3-14)11-20(23(26)30)28-19(17)10-15/h1-8,10-12,21,29H,9H2,(H2,26,30)/t21-/m1/s1. The summed E-state index contributed by atoms with van der Waals surface area (Å²) in [5.74, 6) is -1.02. The zero-order valence-corrected chi connectivity index (χ0v) is 16.5. The van der Waals surface area contributed by atoms with Crippen molar-refractivity contribution in [2.24, 2.45) is 5.73 Å². The summed E-state index contributed by atoms with van der Waals surface area (Å²) in [6.45, 7) is 0. The summed E-state index contributed by atoms with van der Waals surface area (Å²) in [5, 5.41) is 11.8. The molecule has 0 saturated carbocycles. The number of nitrogens with zero attached hydrogens (tertiary/aromatic N) is 2. The second-order valence-electron chi connectivity index (χ2n) is 6.91. The minimum absolute atomic E-state index is 0.0929. The van der Waals surface area contributed by atoms with E-state index in [4.69, 9.17) is 17.3 Å². The number of aromatic nitrogens is 2. The fourth-order valence-electron chi connectivity index (χ4n) is 3.32. The van der Waals surface area contributed by atoms with Gasteiger partial charge in [-0.1, -0.05) is 41.9 Å². The first kappa shape index (κ1) is 19.9. The van der Waals surface area contributed by atoms with Crippen molar-refractivity contribution in [3.63, 3.8) is 0 Å². The number of aliphatic hydroxyl groups is 1. The van der Waals surface area contributed by atoms with Gasteiger partial charge in [-0.05, 0) is 52.6 Å². The second kappa shape index (κ2) is 8.18. The van der Waals surface area contributed by atoms with E-state index in [2.05, 4.69) is 9.97 Å². The number of amides is 1. The Kier molecular flexibility index (Phi) is 5.44. The Morgan fingerprint density at radius 3 is 2.53 bits per heavy atom. The van der Waals surface area contributed by atoms with Crippen LogP contribution in [-0.4, -0.2) is 21.0 Å². The van der Waals surface area contributed by atoms with Crippen molar-refractivity contribution < 1.29 is 14.3 Å². The lowest BCUT2D eigenvalue weighted by atomic mass is 9.96. The summed E-state index contributed by atoms with van der Waals surface area (Å²) in [4.78, 5) is 20.2. The van der Waals surface area contributed by atoms with Gasteiger partial charge >= 0.3 is 0 Å². The molecule has 2 aromatic heterocycles. The SMILES string of the molecule is NC(=O)c1cc(-c2ccc(F)cc2)c2ccc([C@H](O)Cc3ccc(Cl)nc3)cc2n1. The van der Waals surface area contributed by atoms with Crippen LogP contribution < -0.4 is 5.73 Å². The molecule has 150 valence electrons. The summed E-state index contributed by atoms with van der Waals surface area (Å²) >= 11 is 5.80. The highest BCUT2D eigenvalue weighted by Gasteiger charge is 2.15. The molecule has 0 radical (unpaired) electrons. The third-order valence-electron chi connectivity index (χ3n) is 4.84. The van der Waals surface area contributed by atoms with Crippen LogP contribution in [0, 0.1) is 5.82 Å². The first-order valence-corrected chi connectivity index (χ1v) is 9.57. The summed E-state index contributed by atoms with van der Waals surface area (Å²) in [6, 6.07) is 16.4. The predicted octanol–water partition coefficient (Wildman–Crippen LogP) is 4.46. The van der Waals surface area contributed by atoms with Crippen molar-refractivity contribution in [2.75, 3.05) is 0 Å². The monoisotopic (exact) mass is 421 g/mol. The van der Waals surface area contributed by atoms with Gasteiger partial charge in [-0.2, -0.15) is 0 Å². The molecule has 4 aromatic rings. The number of nitrogens with two attached hydrogens (primary N) is 1. The number of primary amides is 1. The van der Waals surface area contributed by atoms with E-state index in [0.717, 1.165) is 16.5 Å². The van der Waals surface area contributed by atoms with E-state index in [1.165, 1.54) is 12.1 Å². The van der Waals surface area contributed by atoms with Crippen LogP contribution in [-0.2, 0) is 6.42 Å². The number of rotatable bonds is 5. The maximum Gasteiger partial charge on any atom is 0.267 e. The molecule has 4 rings (SSSR count). The molecule has 1 amide bonds. The molecule has 0 aliphatic carbocycles. The van der Waals surface area contributed by atoms with Crippen LogP contribution in [0.25, 0.3) is 22.0 Å². The number of carbonyl (C=O) groups is 1. The number of hydrogen-bond acceptors (Lipinski definition) is 4. The molecule has 0 aliphatic heterocycles. The number of hydrogen-bond donors (Lipinski definition) is 2. The van der Waals surface area contributed by atoms with Crippen molar-refractivity contribution >= 4 is 28.4 Å². The van der Waals surface area contributed by atoms with Crippen molar-refractivity contribution in [3.05, 3.63) is 94.7 Å². The quantitative estimate of drug-likeness (QED) is 0.465. The molecular formula is C23H17ClFN3O2. The molecule has 2 aromatic carbocycles. The fourth-order valence-corrected chi connectivity index (χ4v) is 3.43. The largest absolute Gasteiger partial charge is 0.388 e. The smallest absolute Gasteiger partial charge is 0.267 e. The third-order valence-corrected chi connectivity index (χ3v) is 5.07. The van der Waals surface area contributed by atoms with Gasteiger partial charge in [0.15, 0.2) is 0 Å². The molecule has 3 N–H and O–H groups in total. The van der Waals surface area contributed by atoms with Gasteiger partial charge in [0.1, 0.15) is 16.7 Å². The van der Waals surface area contributed by atoms with Gasteiger partial charge in [-0.25, -0.2) is 14.4 Å². The Morgan fingerprint density at radius 2 is 1.87 bits per heavy atom. The van der Waals surface area contributed by atoms with Crippen LogP contribution in [0.15, 0.2) is 66.9 Å². The number of carbonyl (C=O) groups excluding carboxylic acids is 1. The number of benzene rings is 2. The third kappa shape index (κ3) is 4.15. The van der Waals surface area contributed by atoms with E-state index >= 15 is 0 Å². The summed E-state index contributed by atoms with van der Waals surface area (Å²) in [5.41, 5.74) is 8.96. The predicted molar refractivity (Wildman–Crippen MR) is 114 cm³/mol. The van der Waals surface area contributed by atoms with E-state index in [9.17, 15) is 14.3 Å². The van der Waals surface area contributed by atoms with E-state index in [0.29, 0.717) is 28.2 Å². The van der Waals surface area contributed by atoms with E-state index in [-0.39, 0.29) is 11.5 Å². The Bertz CT molecular complexity index is 1230. The Morgan fingerprint density at radius 1 is 1.10 bits per heavy atom. The van der Waals surface area contributed by atoms with Crippen LogP contribution in [0.4, 0.5) is 4.39 Å². The maximum absolute atomic E-state index is 13.3. The molecule has 0 unspecified atom stereocenters. The van der Waals surface area contributed by atoms with Crippen LogP contribution in [0.1, 0.15) is 27.7 Å². The minimum atomic E-state index is -0.800. The van der Waals surface area contributed by atoms with Gasteiger partial charge < -0.3 is 10.8 Å². The molecule has 2 heterocycles. The molecule has 0 fully saturated rings. The zero-order valence-electron chi connectivity index (χ0n) is 15.7. The van der Waals surface area contributed by atoms with Gasteiger partial charge in [0.05, 0.1) is 11.6 Å². The molecule has 30 heavy (non-hydrogen) atoms. The first-order chi connectivity index (χ1) is 14.4. The Hall–Kier alpha value is -3.35. The zero-order chi connectivity index (χ0) is 21.3. The van der Waals surface area contributed by atoms with Gasteiger partial charge in [-0.3, -0.25) is 4.79 Å². The summed E-state index contributed by atoms with van der Waals surface area (Å²) in [6.07, 6.45) is 1.16. The number of fused-ring (bicyclic) bond motifs is 1. The van der Waals surface area contributed by atoms with Crippen LogP contribution in [0.2, 0.25) is 5.15 Å². The van der Waals surface area contributed by atoms with Crippen LogP contribution >= 0.6 is 11.6 Å². The van der Waals surface area contributed by atoms with Gasteiger partial charge in [0, 0.05) is 18.0 Å². The van der Waals surface area contributed by atoms with E-state index in [1.807, 2.05) is 6.07 Å². The molecule has 0 spiro atoms. The maximum atomic E-state index is 13.3. The highest BCUT2D eigenvalue weighted by molar-refractivity contribution is 6.29. The molecule has 0 aliphatic rings. The lowest BCUT2D eigenvalue weighted by Crippen LogP contribution is -2.13. The lowest BCUT2D eigenvalue weighted by molar-refractivity contribution is 0.0996. The first-order valence-electron chi connectivity index (χ1n) is 9.19. The normalized spacial score (nSPS) is 12.1. The van der Waals surface area contributed by atoms with Crippen molar-refractivity contribution in [1.82, 2.24) is 9.97 Å². The summed E-state index contributed by atoms with van der Waals surface area (Å²) in [7, 11) is 0. The average molecular weight is 422 g/mol.